The van der Waals surface area contributed by atoms with Gasteiger partial charge in [0.1, 0.15) is 17.3 Å². The van der Waals surface area contributed by atoms with Gasteiger partial charge in [-0.05, 0) is 86.0 Å². The van der Waals surface area contributed by atoms with Gasteiger partial charge in [0.2, 0.25) is 0 Å². The number of benzene rings is 3. The second-order valence-electron chi connectivity index (χ2n) is 8.94. The third-order valence-electron chi connectivity index (χ3n) is 6.43. The monoisotopic (exact) mass is 533 g/mol. The van der Waals surface area contributed by atoms with Crippen LogP contribution in [0.2, 0.25) is 0 Å². The van der Waals surface area contributed by atoms with E-state index < -0.39 is 11.7 Å². The summed E-state index contributed by atoms with van der Waals surface area (Å²) in [5, 5.41) is 17.7. The number of amidine groups is 1. The minimum atomic E-state index is -0.577. The molecule has 0 aliphatic carbocycles. The molecular weight excluding hydrogens is 509 g/mol. The van der Waals surface area contributed by atoms with Crippen LogP contribution in [-0.4, -0.2) is 39.0 Å². The molecular formula is C27H25BrFN5O. The van der Waals surface area contributed by atoms with Crippen molar-refractivity contribution in [2.45, 2.75) is 32.7 Å². The minimum absolute atomic E-state index is 0.0646. The van der Waals surface area contributed by atoms with Crippen molar-refractivity contribution in [3.05, 3.63) is 87.9 Å². The molecule has 0 radical (unpaired) electrons. The Labute approximate surface area is 211 Å². The van der Waals surface area contributed by atoms with Crippen molar-refractivity contribution < 1.29 is 9.18 Å². The summed E-state index contributed by atoms with van der Waals surface area (Å²) in [6, 6.07) is 18.3. The summed E-state index contributed by atoms with van der Waals surface area (Å²) >= 11 is 3.48. The molecule has 2 heterocycles. The number of fused-ring (bicyclic) bond motifs is 1. The zero-order chi connectivity index (χ0) is 24.7. The quantitative estimate of drug-likeness (QED) is 0.239. The van der Waals surface area contributed by atoms with Crippen LogP contribution in [0.5, 0.6) is 0 Å². The van der Waals surface area contributed by atoms with Crippen molar-refractivity contribution in [2.24, 2.45) is 0 Å². The van der Waals surface area contributed by atoms with Crippen molar-refractivity contribution in [3.63, 3.8) is 0 Å². The van der Waals surface area contributed by atoms with E-state index in [2.05, 4.69) is 33.3 Å². The van der Waals surface area contributed by atoms with Crippen LogP contribution in [-0.2, 0) is 0 Å². The number of hydrogen-bond acceptors (Lipinski definition) is 3. The third-order valence-corrected chi connectivity index (χ3v) is 6.92. The standard InChI is InChI=1S/C27H25BrFN5O/c1-16-12-25(34(32-16)22-9-6-18-13-21(28)8-5-19(18)14-22)27(35)31-24-10-7-20(15-23(24)29)26(30)33-11-3-4-17(33)2/h5-10,12-15,17,30H,3-4,11H2,1-2H3,(H,31,35). The lowest BCUT2D eigenvalue weighted by Gasteiger charge is -2.24. The number of carbonyl (C=O) groups excluding carboxylic acids is 1. The first-order valence-corrected chi connectivity index (χ1v) is 12.3. The molecule has 1 unspecified atom stereocenters. The fourth-order valence-electron chi connectivity index (χ4n) is 4.58. The highest BCUT2D eigenvalue weighted by Crippen LogP contribution is 2.25. The van der Waals surface area contributed by atoms with Crippen molar-refractivity contribution in [2.75, 3.05) is 11.9 Å². The molecule has 178 valence electrons. The Morgan fingerprint density at radius 1 is 1.11 bits per heavy atom. The smallest absolute Gasteiger partial charge is 0.274 e. The van der Waals surface area contributed by atoms with Crippen LogP contribution in [0.3, 0.4) is 0 Å². The average Bonchev–Trinajstić information content (AvgIpc) is 3.45. The maximum absolute atomic E-state index is 15.0. The van der Waals surface area contributed by atoms with Crippen LogP contribution < -0.4 is 5.32 Å². The maximum Gasteiger partial charge on any atom is 0.274 e. The summed E-state index contributed by atoms with van der Waals surface area (Å²) < 4.78 is 17.5. The van der Waals surface area contributed by atoms with Crippen LogP contribution in [0.25, 0.3) is 16.5 Å². The molecule has 0 saturated carbocycles. The van der Waals surface area contributed by atoms with Gasteiger partial charge in [-0.3, -0.25) is 10.2 Å². The molecule has 3 aromatic carbocycles. The molecule has 0 spiro atoms. The Morgan fingerprint density at radius 3 is 2.63 bits per heavy atom. The molecule has 1 fully saturated rings. The predicted molar refractivity (Wildman–Crippen MR) is 140 cm³/mol. The average molecular weight is 534 g/mol. The molecule has 1 saturated heterocycles. The molecule has 8 heteroatoms. The van der Waals surface area contributed by atoms with E-state index in [0.717, 1.165) is 40.3 Å². The van der Waals surface area contributed by atoms with E-state index in [1.54, 1.807) is 16.8 Å². The number of carbonyl (C=O) groups is 1. The van der Waals surface area contributed by atoms with Gasteiger partial charge in [0, 0.05) is 22.6 Å². The highest BCUT2D eigenvalue weighted by molar-refractivity contribution is 9.10. The molecule has 5 rings (SSSR count). The number of amides is 1. The van der Waals surface area contributed by atoms with E-state index in [4.69, 9.17) is 5.41 Å². The second kappa shape index (κ2) is 9.26. The molecule has 35 heavy (non-hydrogen) atoms. The summed E-state index contributed by atoms with van der Waals surface area (Å²) in [6.07, 6.45) is 2.06. The van der Waals surface area contributed by atoms with Crippen LogP contribution in [0.15, 0.2) is 65.1 Å². The lowest BCUT2D eigenvalue weighted by atomic mass is 10.1. The number of likely N-dealkylation sites (tertiary alicyclic amines) is 1. The largest absolute Gasteiger partial charge is 0.354 e. The Kier molecular flexibility index (Phi) is 6.15. The number of aryl methyl sites for hydroxylation is 1. The van der Waals surface area contributed by atoms with Crippen molar-refractivity contribution >= 4 is 44.1 Å². The minimum Gasteiger partial charge on any atom is -0.354 e. The zero-order valence-corrected chi connectivity index (χ0v) is 21.1. The van der Waals surface area contributed by atoms with E-state index >= 15 is 0 Å². The van der Waals surface area contributed by atoms with E-state index in [-0.39, 0.29) is 11.7 Å². The summed E-state index contributed by atoms with van der Waals surface area (Å²) in [7, 11) is 0. The van der Waals surface area contributed by atoms with Gasteiger partial charge in [0.05, 0.1) is 17.1 Å². The van der Waals surface area contributed by atoms with E-state index in [1.807, 2.05) is 48.2 Å². The summed E-state index contributed by atoms with van der Waals surface area (Å²) in [4.78, 5) is 15.1. The van der Waals surface area contributed by atoms with Gasteiger partial charge >= 0.3 is 0 Å². The number of hydrogen-bond donors (Lipinski definition) is 2. The molecule has 0 bridgehead atoms. The number of nitrogens with one attached hydrogen (secondary N) is 2. The first-order chi connectivity index (χ1) is 16.8. The fraction of sp³-hybridized carbons (Fsp3) is 0.222. The Morgan fingerprint density at radius 2 is 1.89 bits per heavy atom. The predicted octanol–water partition coefficient (Wildman–Crippen LogP) is 6.30. The molecule has 1 aliphatic rings. The molecule has 1 aliphatic heterocycles. The highest BCUT2D eigenvalue weighted by atomic mass is 79.9. The summed E-state index contributed by atoms with van der Waals surface area (Å²) in [6.45, 7) is 4.69. The van der Waals surface area contributed by atoms with Crippen LogP contribution >= 0.6 is 15.9 Å². The number of halogens is 2. The first-order valence-electron chi connectivity index (χ1n) is 11.5. The van der Waals surface area contributed by atoms with E-state index in [9.17, 15) is 9.18 Å². The van der Waals surface area contributed by atoms with Gasteiger partial charge in [-0.2, -0.15) is 5.10 Å². The number of nitrogens with zero attached hydrogens (tertiary/aromatic N) is 3. The van der Waals surface area contributed by atoms with Gasteiger partial charge in [-0.1, -0.05) is 28.1 Å². The zero-order valence-electron chi connectivity index (χ0n) is 19.5. The van der Waals surface area contributed by atoms with Gasteiger partial charge in [-0.15, -0.1) is 0 Å². The van der Waals surface area contributed by atoms with Gasteiger partial charge in [0.15, 0.2) is 0 Å². The lowest BCUT2D eigenvalue weighted by Crippen LogP contribution is -2.33. The highest BCUT2D eigenvalue weighted by Gasteiger charge is 2.24. The van der Waals surface area contributed by atoms with Gasteiger partial charge < -0.3 is 10.2 Å². The molecule has 1 atom stereocenters. The Hall–Kier alpha value is -3.52. The normalized spacial score (nSPS) is 15.5. The molecule has 1 aromatic heterocycles. The van der Waals surface area contributed by atoms with Crippen molar-refractivity contribution in [1.82, 2.24) is 14.7 Å². The Balaban J connectivity index is 1.40. The second-order valence-corrected chi connectivity index (χ2v) is 9.86. The SMILES string of the molecule is Cc1cc(C(=O)Nc2ccc(C(=N)N3CCCC3C)cc2F)n(-c2ccc3cc(Br)ccc3c2)n1. The number of rotatable bonds is 4. The first kappa shape index (κ1) is 23.2. The maximum atomic E-state index is 15.0. The van der Waals surface area contributed by atoms with Crippen LogP contribution in [0, 0.1) is 18.2 Å². The molecule has 1 amide bonds. The van der Waals surface area contributed by atoms with Gasteiger partial charge in [-0.25, -0.2) is 9.07 Å². The third kappa shape index (κ3) is 4.58. The van der Waals surface area contributed by atoms with Crippen LogP contribution in [0.1, 0.15) is 41.5 Å². The van der Waals surface area contributed by atoms with E-state index in [0.29, 0.717) is 22.8 Å². The lowest BCUT2D eigenvalue weighted by molar-refractivity contribution is 0.101. The fourth-order valence-corrected chi connectivity index (χ4v) is 4.95. The number of aromatic nitrogens is 2. The number of anilines is 1. The molecule has 6 nitrogen and oxygen atoms in total. The summed E-state index contributed by atoms with van der Waals surface area (Å²) in [5.41, 5.74) is 2.28. The molecule has 2 N–H and O–H groups in total. The molecule has 4 aromatic rings. The van der Waals surface area contributed by atoms with E-state index in [1.165, 1.54) is 12.1 Å². The van der Waals surface area contributed by atoms with Crippen molar-refractivity contribution in [3.8, 4) is 5.69 Å². The van der Waals surface area contributed by atoms with Gasteiger partial charge in [0.25, 0.3) is 5.91 Å². The Bertz CT molecular complexity index is 1460. The topological polar surface area (TPSA) is 74.0 Å². The van der Waals surface area contributed by atoms with Crippen molar-refractivity contribution in [1.29, 1.82) is 5.41 Å². The summed E-state index contributed by atoms with van der Waals surface area (Å²) in [5.74, 6) is -0.730. The van der Waals surface area contributed by atoms with Crippen LogP contribution in [0.4, 0.5) is 10.1 Å².